The summed E-state index contributed by atoms with van der Waals surface area (Å²) in [7, 11) is 0. The number of rotatable bonds is 10. The standard InChI is InChI=1S/C49H70N2O6/c1-13-19-49-25-23-45(10)44(9)20-18-35(56-37(53)29-42(5,6)41(54)55)43(7,8)34(44)17-21-46(45,11)47(49,12)22-24-48(27-33(52)38(30(2)3)39(48)49)28-36-50-51-40(57-36)32-16-14-15-31(4)26-32/h14,16,26,30,34-35H,4,13,15,17-25,27-29H2,1-3,5-12H3,(H,54,55). The number of esters is 1. The molecular weight excluding hydrogens is 713 g/mol. The molecule has 8 atom stereocenters. The molecule has 4 fully saturated rings. The number of allylic oxidation sites excluding steroid dienone is 7. The van der Waals surface area contributed by atoms with E-state index in [2.05, 4.69) is 85.2 Å². The highest BCUT2D eigenvalue weighted by Crippen LogP contribution is 2.84. The van der Waals surface area contributed by atoms with Crippen molar-refractivity contribution in [1.29, 1.82) is 0 Å². The van der Waals surface area contributed by atoms with E-state index in [9.17, 15) is 19.5 Å². The maximum atomic E-state index is 14.5. The van der Waals surface area contributed by atoms with Crippen LogP contribution in [0.15, 0.2) is 45.9 Å². The van der Waals surface area contributed by atoms with Crippen LogP contribution in [-0.4, -0.2) is 39.1 Å². The number of carboxylic acids is 1. The second kappa shape index (κ2) is 13.6. The van der Waals surface area contributed by atoms with Crippen LogP contribution in [0, 0.1) is 55.2 Å². The van der Waals surface area contributed by atoms with Crippen molar-refractivity contribution in [2.45, 2.75) is 172 Å². The van der Waals surface area contributed by atoms with Gasteiger partial charge in [0.15, 0.2) is 5.78 Å². The first kappa shape index (κ1) is 41.9. The van der Waals surface area contributed by atoms with Crippen LogP contribution in [0.5, 0.6) is 0 Å². The number of Topliss-reactive ketones (excluding diaryl/α,β-unsaturated/α-hetero) is 1. The molecule has 1 heterocycles. The lowest BCUT2D eigenvalue weighted by Crippen LogP contribution is -2.72. The number of carboxylic acid groups (broad SMARTS) is 1. The Morgan fingerprint density at radius 2 is 1.68 bits per heavy atom. The van der Waals surface area contributed by atoms with Crippen molar-refractivity contribution < 1.29 is 28.6 Å². The van der Waals surface area contributed by atoms with Gasteiger partial charge in [-0.05, 0) is 134 Å². The zero-order valence-corrected chi connectivity index (χ0v) is 37.0. The Morgan fingerprint density at radius 3 is 2.33 bits per heavy atom. The Kier molecular flexibility index (Phi) is 10.0. The van der Waals surface area contributed by atoms with Crippen LogP contribution in [0.25, 0.3) is 5.57 Å². The van der Waals surface area contributed by atoms with Gasteiger partial charge < -0.3 is 14.3 Å². The van der Waals surface area contributed by atoms with Crippen LogP contribution >= 0.6 is 0 Å². The van der Waals surface area contributed by atoms with Gasteiger partial charge in [-0.3, -0.25) is 14.4 Å². The van der Waals surface area contributed by atoms with Crippen molar-refractivity contribution in [2.75, 3.05) is 0 Å². The van der Waals surface area contributed by atoms with E-state index in [1.165, 1.54) is 5.57 Å². The van der Waals surface area contributed by atoms with Gasteiger partial charge in [0.2, 0.25) is 11.8 Å². The Bertz CT molecular complexity index is 1960. The number of carbonyl (C=O) groups is 3. The first-order valence-electron chi connectivity index (χ1n) is 22.1. The van der Waals surface area contributed by atoms with Crippen molar-refractivity contribution in [3.63, 3.8) is 0 Å². The van der Waals surface area contributed by atoms with Gasteiger partial charge in [0.05, 0.1) is 11.8 Å². The number of hydrogen-bond acceptors (Lipinski definition) is 7. The molecule has 8 unspecified atom stereocenters. The summed E-state index contributed by atoms with van der Waals surface area (Å²) in [6.07, 6.45) is 17.7. The zero-order chi connectivity index (χ0) is 41.8. The quantitative estimate of drug-likeness (QED) is 0.233. The van der Waals surface area contributed by atoms with Crippen molar-refractivity contribution >= 4 is 23.3 Å². The molecule has 1 N–H and O–H groups in total. The Labute approximate surface area is 341 Å². The van der Waals surface area contributed by atoms with E-state index < -0.39 is 17.4 Å². The summed E-state index contributed by atoms with van der Waals surface area (Å²) in [6, 6.07) is 0. The van der Waals surface area contributed by atoms with Crippen molar-refractivity contribution in [3.8, 4) is 0 Å². The van der Waals surface area contributed by atoms with Gasteiger partial charge in [-0.1, -0.05) is 93.0 Å². The maximum Gasteiger partial charge on any atom is 0.309 e. The number of ether oxygens (including phenoxy) is 1. The summed E-state index contributed by atoms with van der Waals surface area (Å²) in [5.74, 6) is 0.505. The highest BCUT2D eigenvalue weighted by molar-refractivity contribution is 6.01. The Balaban J connectivity index is 1.26. The van der Waals surface area contributed by atoms with E-state index in [0.29, 0.717) is 36.3 Å². The van der Waals surface area contributed by atoms with E-state index in [-0.39, 0.29) is 56.3 Å². The normalized spacial score (nSPS) is 38.6. The molecule has 0 spiro atoms. The summed E-state index contributed by atoms with van der Waals surface area (Å²) >= 11 is 0. The Hall–Kier alpha value is -3.29. The van der Waals surface area contributed by atoms with Gasteiger partial charge >= 0.3 is 11.9 Å². The SMILES string of the molecule is C=C1C=C(c2nnc(CC34CCC5(C)C(CCC)(CCC6(C)C7(C)CCC(OC(=O)CC(C)(C)C(=O)O)C(C)(C)C7CCC56C)C3=C(C(C)C)C(=O)C4)o2)C=CC1. The summed E-state index contributed by atoms with van der Waals surface area (Å²) in [5.41, 5.74) is 2.41. The van der Waals surface area contributed by atoms with E-state index >= 15 is 0 Å². The lowest BCUT2D eigenvalue weighted by atomic mass is 9.25. The third-order valence-electron chi connectivity index (χ3n) is 18.3. The van der Waals surface area contributed by atoms with Crippen molar-refractivity contribution in [3.05, 3.63) is 53.3 Å². The first-order valence-corrected chi connectivity index (χ1v) is 22.1. The third-order valence-corrected chi connectivity index (χ3v) is 18.3. The smallest absolute Gasteiger partial charge is 0.309 e. The van der Waals surface area contributed by atoms with Crippen LogP contribution in [-0.2, 0) is 25.5 Å². The maximum absolute atomic E-state index is 14.5. The fourth-order valence-corrected chi connectivity index (χ4v) is 14.9. The number of carbonyl (C=O) groups excluding carboxylic acids is 2. The van der Waals surface area contributed by atoms with Gasteiger partial charge in [0, 0.05) is 29.2 Å². The summed E-state index contributed by atoms with van der Waals surface area (Å²) < 4.78 is 12.7. The number of fused-ring (bicyclic) bond motifs is 7. The molecule has 6 aliphatic carbocycles. The number of hydrogen-bond donors (Lipinski definition) is 1. The second-order valence-electron chi connectivity index (χ2n) is 21.9. The molecule has 0 saturated heterocycles. The minimum atomic E-state index is -1.17. The molecule has 57 heavy (non-hydrogen) atoms. The summed E-state index contributed by atoms with van der Waals surface area (Å²) in [4.78, 5) is 39.6. The highest BCUT2D eigenvalue weighted by atomic mass is 16.5. The zero-order valence-electron chi connectivity index (χ0n) is 37.0. The Morgan fingerprint density at radius 1 is 0.982 bits per heavy atom. The molecule has 0 amide bonds. The molecule has 0 bridgehead atoms. The third kappa shape index (κ3) is 5.81. The summed E-state index contributed by atoms with van der Waals surface area (Å²) in [5, 5.41) is 18.9. The molecule has 0 aromatic carbocycles. The van der Waals surface area contributed by atoms with Gasteiger partial charge in [-0.15, -0.1) is 10.2 Å². The molecule has 1 aromatic rings. The van der Waals surface area contributed by atoms with Crippen LogP contribution < -0.4 is 0 Å². The lowest BCUT2D eigenvalue weighted by molar-refractivity contribution is -0.296. The predicted molar refractivity (Wildman–Crippen MR) is 223 cm³/mol. The molecular formula is C49H70N2O6. The van der Waals surface area contributed by atoms with E-state index in [4.69, 9.17) is 9.15 Å². The molecule has 4 saturated carbocycles. The molecule has 1 aromatic heterocycles. The average molecular weight is 783 g/mol. The van der Waals surface area contributed by atoms with E-state index in [1.807, 2.05) is 12.2 Å². The molecule has 8 heteroatoms. The molecule has 6 aliphatic rings. The predicted octanol–water partition coefficient (Wildman–Crippen LogP) is 11.5. The molecule has 7 rings (SSSR count). The first-order chi connectivity index (χ1) is 26.5. The number of aliphatic carboxylic acids is 1. The van der Waals surface area contributed by atoms with Gasteiger partial charge in [-0.2, -0.15) is 0 Å². The topological polar surface area (TPSA) is 120 Å². The van der Waals surface area contributed by atoms with Gasteiger partial charge in [0.25, 0.3) is 0 Å². The van der Waals surface area contributed by atoms with Crippen LogP contribution in [0.1, 0.15) is 171 Å². The fraction of sp³-hybridized carbons (Fsp3) is 0.735. The van der Waals surface area contributed by atoms with Crippen LogP contribution in [0.3, 0.4) is 0 Å². The van der Waals surface area contributed by atoms with Crippen molar-refractivity contribution in [1.82, 2.24) is 10.2 Å². The number of ketones is 1. The molecule has 312 valence electrons. The van der Waals surface area contributed by atoms with Crippen molar-refractivity contribution in [2.24, 2.45) is 55.2 Å². The monoisotopic (exact) mass is 783 g/mol. The van der Waals surface area contributed by atoms with E-state index in [1.54, 1.807) is 13.8 Å². The van der Waals surface area contributed by atoms with Gasteiger partial charge in [-0.25, -0.2) is 0 Å². The molecule has 8 nitrogen and oxygen atoms in total. The minimum Gasteiger partial charge on any atom is -0.481 e. The fourth-order valence-electron chi connectivity index (χ4n) is 14.9. The van der Waals surface area contributed by atoms with Gasteiger partial charge in [0.1, 0.15) is 6.10 Å². The minimum absolute atomic E-state index is 0.000252. The largest absolute Gasteiger partial charge is 0.481 e. The number of nitrogens with zero attached hydrogens (tertiary/aromatic N) is 2. The second-order valence-corrected chi connectivity index (χ2v) is 21.9. The molecule has 0 radical (unpaired) electrons. The average Bonchev–Trinajstić information content (AvgIpc) is 3.70. The lowest BCUT2D eigenvalue weighted by Gasteiger charge is -2.79. The summed E-state index contributed by atoms with van der Waals surface area (Å²) in [6.45, 7) is 29.1. The number of aromatic nitrogens is 2. The van der Waals surface area contributed by atoms with E-state index in [0.717, 1.165) is 87.3 Å². The van der Waals surface area contributed by atoms with Crippen LogP contribution in [0.4, 0.5) is 0 Å². The molecule has 0 aliphatic heterocycles. The van der Waals surface area contributed by atoms with Crippen LogP contribution in [0.2, 0.25) is 0 Å². The highest BCUT2D eigenvalue weighted by Gasteiger charge is 2.78.